The van der Waals surface area contributed by atoms with Gasteiger partial charge in [0.05, 0.1) is 4.90 Å². The van der Waals surface area contributed by atoms with E-state index in [4.69, 9.17) is 9.47 Å². The zero-order chi connectivity index (χ0) is 25.9. The number of rotatable bonds is 7. The molecule has 188 valence electrons. The molecule has 1 aliphatic rings. The second-order valence-electron chi connectivity index (χ2n) is 8.20. The van der Waals surface area contributed by atoms with Crippen LogP contribution in [0.5, 0.6) is 11.5 Å². The monoisotopic (exact) mass is 513 g/mol. The Balaban J connectivity index is 1.54. The first kappa shape index (κ1) is 25.0. The van der Waals surface area contributed by atoms with Gasteiger partial charge in [-0.1, -0.05) is 48.5 Å². The third-order valence-corrected chi connectivity index (χ3v) is 6.74. The fourth-order valence-electron chi connectivity index (χ4n) is 3.66. The van der Waals surface area contributed by atoms with E-state index >= 15 is 0 Å². The van der Waals surface area contributed by atoms with Gasteiger partial charge in [-0.25, -0.2) is 17.9 Å². The highest BCUT2D eigenvalue weighted by atomic mass is 32.2. The second kappa shape index (κ2) is 9.86. The molecule has 2 atom stereocenters. The van der Waals surface area contributed by atoms with Crippen LogP contribution in [-0.4, -0.2) is 39.5 Å². The van der Waals surface area contributed by atoms with Gasteiger partial charge in [-0.05, 0) is 29.8 Å². The summed E-state index contributed by atoms with van der Waals surface area (Å²) in [7, 11) is -2.67. The minimum Gasteiger partial charge on any atom is -0.423 e. The number of urea groups is 1. The second-order valence-corrected chi connectivity index (χ2v) is 9.88. The van der Waals surface area contributed by atoms with E-state index in [1.807, 2.05) is 10.8 Å². The highest BCUT2D eigenvalue weighted by Gasteiger charge is 2.37. The molecule has 3 aromatic rings. The topological polar surface area (TPSA) is 114 Å². The Bertz CT molecular complexity index is 1370. The summed E-state index contributed by atoms with van der Waals surface area (Å²) >= 11 is 0. The fraction of sp³-hybridized carbons (Fsp3) is 0.200. The lowest BCUT2D eigenvalue weighted by Crippen LogP contribution is -2.52. The lowest BCUT2D eigenvalue weighted by atomic mass is 10.0. The van der Waals surface area contributed by atoms with Gasteiger partial charge in [0, 0.05) is 32.1 Å². The number of sulfonamides is 1. The van der Waals surface area contributed by atoms with Crippen molar-refractivity contribution in [2.75, 3.05) is 11.9 Å². The van der Waals surface area contributed by atoms with Crippen molar-refractivity contribution in [3.63, 3.8) is 0 Å². The molecular weight excluding hydrogens is 489 g/mol. The number of alkyl halides is 1. The van der Waals surface area contributed by atoms with Gasteiger partial charge in [-0.3, -0.25) is 4.79 Å². The molecule has 3 aromatic carbocycles. The SMILES string of the molecule is CN(C(=O)[C@H](Cc1ccccc1)NC(=O)NS(=O)(=O)c1ccccc1)c1ccc2c(c1)OC(C)(F)O2. The van der Waals surface area contributed by atoms with Crippen LogP contribution in [0.25, 0.3) is 0 Å². The van der Waals surface area contributed by atoms with E-state index in [0.29, 0.717) is 5.69 Å². The molecular formula is C25H24FN3O6S. The molecule has 11 heteroatoms. The van der Waals surface area contributed by atoms with Gasteiger partial charge in [0.2, 0.25) is 5.91 Å². The smallest absolute Gasteiger partial charge is 0.404 e. The summed E-state index contributed by atoms with van der Waals surface area (Å²) in [5.74, 6) is -0.224. The van der Waals surface area contributed by atoms with Crippen molar-refractivity contribution in [1.29, 1.82) is 0 Å². The first-order chi connectivity index (χ1) is 17.0. The Morgan fingerprint density at radius 3 is 2.25 bits per heavy atom. The van der Waals surface area contributed by atoms with Gasteiger partial charge in [-0.2, -0.15) is 4.39 Å². The summed E-state index contributed by atoms with van der Waals surface area (Å²) < 4.78 is 51.2. The molecule has 36 heavy (non-hydrogen) atoms. The van der Waals surface area contributed by atoms with Crippen LogP contribution in [0.4, 0.5) is 14.9 Å². The van der Waals surface area contributed by atoms with E-state index in [9.17, 15) is 22.4 Å². The molecule has 1 heterocycles. The third kappa shape index (κ3) is 5.74. The molecule has 9 nitrogen and oxygen atoms in total. The van der Waals surface area contributed by atoms with Gasteiger partial charge < -0.3 is 19.7 Å². The number of benzene rings is 3. The van der Waals surface area contributed by atoms with Crippen LogP contribution >= 0.6 is 0 Å². The molecule has 0 aliphatic carbocycles. The zero-order valence-electron chi connectivity index (χ0n) is 19.5. The number of likely N-dealkylation sites (N-methyl/N-ethyl adjacent to an activating group) is 1. The average Bonchev–Trinajstić information content (AvgIpc) is 3.16. The average molecular weight is 514 g/mol. The molecule has 1 aliphatic heterocycles. The zero-order valence-corrected chi connectivity index (χ0v) is 20.3. The molecule has 3 amide bonds. The van der Waals surface area contributed by atoms with Crippen molar-refractivity contribution in [2.45, 2.75) is 30.3 Å². The summed E-state index contributed by atoms with van der Waals surface area (Å²) in [5, 5.41) is 2.47. The van der Waals surface area contributed by atoms with Crippen LogP contribution in [0.3, 0.4) is 0 Å². The van der Waals surface area contributed by atoms with Crippen molar-refractivity contribution in [2.24, 2.45) is 0 Å². The van der Waals surface area contributed by atoms with Crippen molar-refractivity contribution in [1.82, 2.24) is 10.0 Å². The Morgan fingerprint density at radius 1 is 0.972 bits per heavy atom. The van der Waals surface area contributed by atoms with Crippen LogP contribution in [0.15, 0.2) is 83.8 Å². The molecule has 2 N–H and O–H groups in total. The number of halogens is 1. The maximum atomic E-state index is 14.0. The maximum absolute atomic E-state index is 14.0. The van der Waals surface area contributed by atoms with Gasteiger partial charge in [0.25, 0.3) is 10.0 Å². The highest BCUT2D eigenvalue weighted by molar-refractivity contribution is 7.90. The van der Waals surface area contributed by atoms with Gasteiger partial charge in [-0.15, -0.1) is 0 Å². The van der Waals surface area contributed by atoms with Gasteiger partial charge in [0.15, 0.2) is 11.5 Å². The van der Waals surface area contributed by atoms with Gasteiger partial charge in [0.1, 0.15) is 6.04 Å². The van der Waals surface area contributed by atoms with Crippen molar-refractivity contribution in [3.05, 3.63) is 84.4 Å². The number of nitrogens with zero attached hydrogens (tertiary/aromatic N) is 1. The Labute approximate surface area is 207 Å². The molecule has 0 bridgehead atoms. The first-order valence-electron chi connectivity index (χ1n) is 10.9. The minimum atomic E-state index is -4.15. The lowest BCUT2D eigenvalue weighted by Gasteiger charge is -2.25. The third-order valence-electron chi connectivity index (χ3n) is 5.40. The molecule has 0 radical (unpaired) electrons. The predicted molar refractivity (Wildman–Crippen MR) is 130 cm³/mol. The summed E-state index contributed by atoms with van der Waals surface area (Å²) in [6.07, 6.45) is 0.0932. The van der Waals surface area contributed by atoms with E-state index in [-0.39, 0.29) is 22.8 Å². The van der Waals surface area contributed by atoms with Crippen LogP contribution in [0, 0.1) is 0 Å². The van der Waals surface area contributed by atoms with Gasteiger partial charge >= 0.3 is 12.1 Å². The van der Waals surface area contributed by atoms with Crippen LogP contribution in [0.2, 0.25) is 0 Å². The number of carbonyl (C=O) groups is 2. The highest BCUT2D eigenvalue weighted by Crippen LogP contribution is 2.42. The molecule has 0 fully saturated rings. The largest absolute Gasteiger partial charge is 0.423 e. The van der Waals surface area contributed by atoms with Crippen molar-refractivity contribution >= 4 is 27.6 Å². The number of carbonyl (C=O) groups excluding carboxylic acids is 2. The van der Waals surface area contributed by atoms with Crippen LogP contribution in [0.1, 0.15) is 12.5 Å². The van der Waals surface area contributed by atoms with Crippen molar-refractivity contribution in [3.8, 4) is 11.5 Å². The number of hydrogen-bond donors (Lipinski definition) is 2. The summed E-state index contributed by atoms with van der Waals surface area (Å²) in [5.41, 5.74) is 1.10. The van der Waals surface area contributed by atoms with Crippen molar-refractivity contribution < 1.29 is 31.9 Å². The molecule has 4 rings (SSSR count). The van der Waals surface area contributed by atoms with E-state index in [2.05, 4.69) is 5.32 Å². The van der Waals surface area contributed by atoms with E-state index in [0.717, 1.165) is 12.5 Å². The number of nitrogens with one attached hydrogen (secondary N) is 2. The number of amides is 3. The molecule has 1 unspecified atom stereocenters. The minimum absolute atomic E-state index is 0.0932. The van der Waals surface area contributed by atoms with E-state index < -0.39 is 34.0 Å². The molecule has 0 spiro atoms. The summed E-state index contributed by atoms with van der Waals surface area (Å²) in [4.78, 5) is 27.3. The standard InChI is InChI=1S/C25H24FN3O6S/c1-25(26)34-21-14-13-18(16-22(21)35-25)29(2)23(30)20(15-17-9-5-3-6-10-17)27-24(31)28-36(32,33)19-11-7-4-8-12-19/h3-14,16,20H,15H2,1-2H3,(H2,27,28,31)/t20-,25?/m0/s1. The fourth-order valence-corrected chi connectivity index (χ4v) is 4.60. The molecule has 0 aromatic heterocycles. The number of fused-ring (bicyclic) bond motifs is 1. The van der Waals surface area contributed by atoms with Crippen LogP contribution < -0.4 is 24.4 Å². The number of ether oxygens (including phenoxy) is 2. The Hall–Kier alpha value is -4.12. The Morgan fingerprint density at radius 2 is 1.58 bits per heavy atom. The lowest BCUT2D eigenvalue weighted by molar-refractivity contribution is -0.173. The summed E-state index contributed by atoms with van der Waals surface area (Å²) in [6, 6.07) is 16.3. The number of hydrogen-bond acceptors (Lipinski definition) is 6. The normalized spacial score (nSPS) is 17.2. The number of anilines is 1. The summed E-state index contributed by atoms with van der Waals surface area (Å²) in [6.45, 7) is 1.11. The Kier molecular flexibility index (Phi) is 6.84. The maximum Gasteiger partial charge on any atom is 0.404 e. The molecule has 0 saturated carbocycles. The van der Waals surface area contributed by atoms with Crippen LogP contribution in [-0.2, 0) is 21.2 Å². The molecule has 0 saturated heterocycles. The quantitative estimate of drug-likeness (QED) is 0.501. The first-order valence-corrected chi connectivity index (χ1v) is 12.4. The predicted octanol–water partition coefficient (Wildman–Crippen LogP) is 3.36. The van der Waals surface area contributed by atoms with E-state index in [1.54, 1.807) is 36.4 Å². The van der Waals surface area contributed by atoms with E-state index in [1.165, 1.54) is 48.3 Å².